The maximum Gasteiger partial charge on any atom is 0.312 e. The van der Waals surface area contributed by atoms with Crippen LogP contribution < -0.4 is 5.56 Å². The van der Waals surface area contributed by atoms with E-state index in [9.17, 15) is 14.7 Å². The monoisotopic (exact) mass is 316 g/mol. The first-order valence-corrected chi connectivity index (χ1v) is 7.51. The summed E-state index contributed by atoms with van der Waals surface area (Å²) in [6, 6.07) is 7.61. The minimum absolute atomic E-state index is 0.184. The largest absolute Gasteiger partial charge is 0.469 e. The van der Waals surface area contributed by atoms with Crippen molar-refractivity contribution in [3.05, 3.63) is 57.0 Å². The molecule has 0 radical (unpaired) electrons. The van der Waals surface area contributed by atoms with Gasteiger partial charge < -0.3 is 14.9 Å². The number of aliphatic hydroxyl groups is 1. The normalized spacial score (nSPS) is 26.6. The Bertz CT molecular complexity index is 786. The zero-order valence-corrected chi connectivity index (χ0v) is 13.3. The summed E-state index contributed by atoms with van der Waals surface area (Å²) in [6.07, 6.45) is 0.184. The van der Waals surface area contributed by atoms with E-state index >= 15 is 0 Å². The summed E-state index contributed by atoms with van der Waals surface area (Å²) in [6.45, 7) is 3.57. The van der Waals surface area contributed by atoms with Crippen molar-refractivity contribution in [2.75, 3.05) is 7.11 Å². The Morgan fingerprint density at radius 1 is 1.30 bits per heavy atom. The molecule has 1 aliphatic rings. The molecular weight excluding hydrogens is 296 g/mol. The molecule has 0 spiro atoms. The van der Waals surface area contributed by atoms with Gasteiger partial charge in [-0.2, -0.15) is 0 Å². The minimum atomic E-state index is -1.32. The standard InChI is InChI=1S/C17H20N2O4/c1-9-4-6-10(7-5-9)12-13-11(18-19-15(13)20)8-17(2,22)14(12)16(21)23-3/h4-7,12,14,22H,8H2,1-3H3,(H2,18,19,20)/t12-,14+,17+/m1/s1. The number of aromatic amines is 2. The van der Waals surface area contributed by atoms with Gasteiger partial charge in [-0.15, -0.1) is 0 Å². The van der Waals surface area contributed by atoms with Gasteiger partial charge in [0.15, 0.2) is 0 Å². The van der Waals surface area contributed by atoms with Crippen LogP contribution in [0.25, 0.3) is 0 Å². The highest BCUT2D eigenvalue weighted by molar-refractivity contribution is 5.77. The second-order valence-corrected chi connectivity index (χ2v) is 6.39. The molecule has 2 aromatic rings. The summed E-state index contributed by atoms with van der Waals surface area (Å²) in [7, 11) is 1.29. The van der Waals surface area contributed by atoms with E-state index < -0.39 is 23.4 Å². The van der Waals surface area contributed by atoms with Gasteiger partial charge in [-0.1, -0.05) is 29.8 Å². The number of ether oxygens (including phenoxy) is 1. The number of rotatable bonds is 2. The van der Waals surface area contributed by atoms with E-state index in [-0.39, 0.29) is 12.0 Å². The van der Waals surface area contributed by atoms with Crippen molar-refractivity contribution in [2.45, 2.75) is 31.8 Å². The molecule has 6 heteroatoms. The number of aryl methyl sites for hydroxylation is 1. The highest BCUT2D eigenvalue weighted by Gasteiger charge is 2.50. The third kappa shape index (κ3) is 2.49. The summed E-state index contributed by atoms with van der Waals surface area (Å²) >= 11 is 0. The van der Waals surface area contributed by atoms with Crippen LogP contribution in [0.3, 0.4) is 0 Å². The fourth-order valence-electron chi connectivity index (χ4n) is 3.52. The number of esters is 1. The summed E-state index contributed by atoms with van der Waals surface area (Å²) < 4.78 is 4.91. The second-order valence-electron chi connectivity index (χ2n) is 6.39. The number of carbonyl (C=O) groups excluding carboxylic acids is 1. The lowest BCUT2D eigenvalue weighted by Gasteiger charge is -2.40. The quantitative estimate of drug-likeness (QED) is 0.726. The molecule has 0 unspecified atom stereocenters. The molecule has 0 saturated heterocycles. The number of fused-ring (bicyclic) bond motifs is 1. The minimum Gasteiger partial charge on any atom is -0.469 e. The first-order chi connectivity index (χ1) is 10.8. The van der Waals surface area contributed by atoms with Crippen LogP contribution in [0.2, 0.25) is 0 Å². The second kappa shape index (κ2) is 5.38. The predicted octanol–water partition coefficient (Wildman–Crippen LogP) is 1.24. The Morgan fingerprint density at radius 2 is 1.96 bits per heavy atom. The number of methoxy groups -OCH3 is 1. The van der Waals surface area contributed by atoms with Gasteiger partial charge in [0.2, 0.25) is 0 Å². The molecule has 122 valence electrons. The molecule has 6 nitrogen and oxygen atoms in total. The van der Waals surface area contributed by atoms with Gasteiger partial charge in [-0.05, 0) is 19.4 Å². The molecule has 1 aromatic carbocycles. The summed E-state index contributed by atoms with van der Waals surface area (Å²) in [4.78, 5) is 24.6. The van der Waals surface area contributed by atoms with E-state index in [4.69, 9.17) is 4.74 Å². The fourth-order valence-corrected chi connectivity index (χ4v) is 3.52. The fraction of sp³-hybridized carbons (Fsp3) is 0.412. The number of aromatic nitrogens is 2. The van der Waals surface area contributed by atoms with E-state index in [1.807, 2.05) is 31.2 Å². The van der Waals surface area contributed by atoms with Crippen LogP contribution in [0.1, 0.15) is 35.2 Å². The van der Waals surface area contributed by atoms with E-state index in [1.54, 1.807) is 6.92 Å². The van der Waals surface area contributed by atoms with Crippen LogP contribution in [0.15, 0.2) is 29.1 Å². The molecule has 1 aliphatic carbocycles. The Balaban J connectivity index is 2.24. The lowest BCUT2D eigenvalue weighted by Crippen LogP contribution is -2.49. The van der Waals surface area contributed by atoms with Gasteiger partial charge >= 0.3 is 5.97 Å². The molecule has 0 aliphatic heterocycles. The van der Waals surface area contributed by atoms with Gasteiger partial charge in [0.1, 0.15) is 0 Å². The lowest BCUT2D eigenvalue weighted by molar-refractivity contribution is -0.156. The highest BCUT2D eigenvalue weighted by Crippen LogP contribution is 2.44. The van der Waals surface area contributed by atoms with Gasteiger partial charge in [-0.25, -0.2) is 0 Å². The van der Waals surface area contributed by atoms with Crippen molar-refractivity contribution in [2.24, 2.45) is 5.92 Å². The van der Waals surface area contributed by atoms with Crippen LogP contribution in [0, 0.1) is 12.8 Å². The molecule has 0 bridgehead atoms. The van der Waals surface area contributed by atoms with Crippen molar-refractivity contribution < 1.29 is 14.6 Å². The van der Waals surface area contributed by atoms with Gasteiger partial charge in [-0.3, -0.25) is 14.7 Å². The van der Waals surface area contributed by atoms with Crippen molar-refractivity contribution in [1.29, 1.82) is 0 Å². The highest BCUT2D eigenvalue weighted by atomic mass is 16.5. The van der Waals surface area contributed by atoms with Crippen molar-refractivity contribution in [3.8, 4) is 0 Å². The SMILES string of the molecule is COC(=O)[C@@H]1[C@H](c2ccc(C)cc2)c2c([nH][nH]c2=O)C[C@]1(C)O. The van der Waals surface area contributed by atoms with Crippen LogP contribution in [-0.2, 0) is 16.0 Å². The number of hydrogen-bond donors (Lipinski definition) is 3. The Morgan fingerprint density at radius 3 is 2.57 bits per heavy atom. The number of benzene rings is 1. The molecular formula is C17H20N2O4. The van der Waals surface area contributed by atoms with Crippen molar-refractivity contribution >= 4 is 5.97 Å². The molecule has 3 atom stereocenters. The van der Waals surface area contributed by atoms with E-state index in [0.29, 0.717) is 11.3 Å². The van der Waals surface area contributed by atoms with Crippen molar-refractivity contribution in [3.63, 3.8) is 0 Å². The van der Waals surface area contributed by atoms with Crippen molar-refractivity contribution in [1.82, 2.24) is 10.2 Å². The molecule has 0 amide bonds. The smallest absolute Gasteiger partial charge is 0.312 e. The Kier molecular flexibility index (Phi) is 3.64. The molecule has 3 rings (SSSR count). The van der Waals surface area contributed by atoms with E-state index in [2.05, 4.69) is 10.2 Å². The molecule has 0 saturated carbocycles. The van der Waals surface area contributed by atoms with E-state index in [1.165, 1.54) is 7.11 Å². The average Bonchev–Trinajstić information content (AvgIpc) is 2.85. The maximum atomic E-state index is 12.4. The topological polar surface area (TPSA) is 95.2 Å². The first-order valence-electron chi connectivity index (χ1n) is 7.51. The van der Waals surface area contributed by atoms with Crippen LogP contribution in [-0.4, -0.2) is 34.0 Å². The third-order valence-electron chi connectivity index (χ3n) is 4.64. The average molecular weight is 316 g/mol. The third-order valence-corrected chi connectivity index (χ3v) is 4.64. The van der Waals surface area contributed by atoms with E-state index in [0.717, 1.165) is 11.1 Å². The van der Waals surface area contributed by atoms with Crippen LogP contribution in [0.5, 0.6) is 0 Å². The van der Waals surface area contributed by atoms with Crippen LogP contribution in [0.4, 0.5) is 0 Å². The van der Waals surface area contributed by atoms with Gasteiger partial charge in [0, 0.05) is 23.6 Å². The Hall–Kier alpha value is -2.34. The molecule has 23 heavy (non-hydrogen) atoms. The molecule has 3 N–H and O–H groups in total. The zero-order valence-electron chi connectivity index (χ0n) is 13.3. The number of carbonyl (C=O) groups is 1. The predicted molar refractivity (Wildman–Crippen MR) is 84.3 cm³/mol. The zero-order chi connectivity index (χ0) is 16.8. The lowest BCUT2D eigenvalue weighted by atomic mass is 9.66. The first kappa shape index (κ1) is 15.6. The summed E-state index contributed by atoms with van der Waals surface area (Å²) in [5, 5.41) is 16.2. The molecule has 1 aromatic heterocycles. The number of H-pyrrole nitrogens is 2. The molecule has 1 heterocycles. The van der Waals surface area contributed by atoms with Crippen LogP contribution >= 0.6 is 0 Å². The summed E-state index contributed by atoms with van der Waals surface area (Å²) in [5.41, 5.74) is 1.42. The Labute approximate surface area is 133 Å². The number of hydrogen-bond acceptors (Lipinski definition) is 4. The van der Waals surface area contributed by atoms with Gasteiger partial charge in [0.25, 0.3) is 5.56 Å². The maximum absolute atomic E-state index is 12.4. The number of nitrogens with one attached hydrogen (secondary N) is 2. The summed E-state index contributed by atoms with van der Waals surface area (Å²) in [5.74, 6) is -1.93. The van der Waals surface area contributed by atoms with Gasteiger partial charge in [0.05, 0.1) is 18.6 Å². The molecule has 0 fully saturated rings.